The molecule has 3 aromatic carbocycles. The van der Waals surface area contributed by atoms with Crippen LogP contribution in [0.3, 0.4) is 0 Å². The Balaban J connectivity index is 1.58. The van der Waals surface area contributed by atoms with Crippen LogP contribution in [0.25, 0.3) is 0 Å². The van der Waals surface area contributed by atoms with Gasteiger partial charge in [-0.1, -0.05) is 48.0 Å². The van der Waals surface area contributed by atoms with Crippen LogP contribution in [0.4, 0.5) is 5.69 Å². The summed E-state index contributed by atoms with van der Waals surface area (Å²) in [5.41, 5.74) is 4.31. The third-order valence-corrected chi connectivity index (χ3v) is 4.41. The van der Waals surface area contributed by atoms with Gasteiger partial charge in [0.25, 0.3) is 0 Å². The lowest BCUT2D eigenvalue weighted by atomic mass is 10.2. The van der Waals surface area contributed by atoms with E-state index in [9.17, 15) is 9.59 Å². The number of ether oxygens (including phenoxy) is 2. The van der Waals surface area contributed by atoms with Gasteiger partial charge in [-0.2, -0.15) is 5.10 Å². The molecule has 0 saturated heterocycles. The Morgan fingerprint density at radius 1 is 0.938 bits per heavy atom. The lowest BCUT2D eigenvalue weighted by Crippen LogP contribution is -2.32. The zero-order valence-electron chi connectivity index (χ0n) is 17.4. The lowest BCUT2D eigenvalue weighted by molar-refractivity contribution is -0.136. The van der Waals surface area contributed by atoms with Gasteiger partial charge in [-0.15, -0.1) is 0 Å². The molecule has 0 aliphatic carbocycles. The Labute approximate surface area is 191 Å². The van der Waals surface area contributed by atoms with Crippen LogP contribution >= 0.6 is 11.6 Å². The molecule has 164 valence electrons. The summed E-state index contributed by atoms with van der Waals surface area (Å²) >= 11 is 5.86. The fourth-order valence-corrected chi connectivity index (χ4v) is 2.89. The van der Waals surface area contributed by atoms with Crippen molar-refractivity contribution in [1.82, 2.24) is 5.43 Å². The maximum atomic E-state index is 12.0. The fraction of sp³-hybridized carbons (Fsp3) is 0.125. The zero-order chi connectivity index (χ0) is 22.8. The van der Waals surface area contributed by atoms with Crippen molar-refractivity contribution in [3.05, 3.63) is 88.9 Å². The average Bonchev–Trinajstić information content (AvgIpc) is 2.79. The second kappa shape index (κ2) is 11.5. The molecule has 8 heteroatoms. The molecule has 0 atom stereocenters. The SMILES string of the molecule is CCOc1cc(/C=N/NC(=O)C(=O)Nc2cccc(Cl)c2)ccc1OCc1ccccc1. The number of rotatable bonds is 8. The second-order valence-electron chi connectivity index (χ2n) is 6.58. The largest absolute Gasteiger partial charge is 0.490 e. The maximum absolute atomic E-state index is 12.0. The van der Waals surface area contributed by atoms with Crippen molar-refractivity contribution < 1.29 is 19.1 Å². The van der Waals surface area contributed by atoms with Crippen LogP contribution in [0, 0.1) is 0 Å². The highest BCUT2D eigenvalue weighted by Gasteiger charge is 2.13. The number of nitrogens with one attached hydrogen (secondary N) is 2. The molecule has 2 N–H and O–H groups in total. The Hall–Kier alpha value is -3.84. The zero-order valence-corrected chi connectivity index (χ0v) is 18.1. The first-order valence-electron chi connectivity index (χ1n) is 9.88. The molecule has 0 fully saturated rings. The molecule has 0 aliphatic rings. The van der Waals surface area contributed by atoms with Gasteiger partial charge < -0.3 is 14.8 Å². The summed E-state index contributed by atoms with van der Waals surface area (Å²) in [6, 6.07) is 21.6. The van der Waals surface area contributed by atoms with Gasteiger partial charge in [0.2, 0.25) is 0 Å². The van der Waals surface area contributed by atoms with E-state index in [4.69, 9.17) is 21.1 Å². The van der Waals surface area contributed by atoms with Crippen molar-refractivity contribution in [1.29, 1.82) is 0 Å². The topological polar surface area (TPSA) is 89.0 Å². The predicted molar refractivity (Wildman–Crippen MR) is 124 cm³/mol. The van der Waals surface area contributed by atoms with Gasteiger partial charge in [0.05, 0.1) is 12.8 Å². The number of hydrazone groups is 1. The van der Waals surface area contributed by atoms with Crippen LogP contribution in [-0.4, -0.2) is 24.6 Å². The maximum Gasteiger partial charge on any atom is 0.329 e. The number of amides is 2. The van der Waals surface area contributed by atoms with E-state index in [0.717, 1.165) is 5.56 Å². The summed E-state index contributed by atoms with van der Waals surface area (Å²) in [6.45, 7) is 2.75. The third-order valence-electron chi connectivity index (χ3n) is 4.17. The Morgan fingerprint density at radius 3 is 2.50 bits per heavy atom. The van der Waals surface area contributed by atoms with Crippen molar-refractivity contribution in [2.45, 2.75) is 13.5 Å². The van der Waals surface area contributed by atoms with E-state index in [2.05, 4.69) is 15.8 Å². The first-order chi connectivity index (χ1) is 15.5. The number of carbonyl (C=O) groups is 2. The molecule has 32 heavy (non-hydrogen) atoms. The predicted octanol–water partition coefficient (Wildman–Crippen LogP) is 4.41. The van der Waals surface area contributed by atoms with Crippen LogP contribution < -0.4 is 20.2 Å². The minimum absolute atomic E-state index is 0.409. The molecule has 3 rings (SSSR count). The van der Waals surface area contributed by atoms with Crippen molar-refractivity contribution in [3.63, 3.8) is 0 Å². The first kappa shape index (κ1) is 22.8. The first-order valence-corrected chi connectivity index (χ1v) is 10.3. The smallest absolute Gasteiger partial charge is 0.329 e. The van der Waals surface area contributed by atoms with Gasteiger partial charge in [-0.25, -0.2) is 5.43 Å². The molecule has 0 heterocycles. The summed E-state index contributed by atoms with van der Waals surface area (Å²) in [4.78, 5) is 23.9. The number of carbonyl (C=O) groups excluding carboxylic acids is 2. The quantitative estimate of drug-likeness (QED) is 0.301. The van der Waals surface area contributed by atoms with E-state index in [-0.39, 0.29) is 0 Å². The molecular weight excluding hydrogens is 430 g/mol. The molecule has 0 saturated carbocycles. The van der Waals surface area contributed by atoms with Crippen molar-refractivity contribution >= 4 is 35.3 Å². The number of nitrogens with zero attached hydrogens (tertiary/aromatic N) is 1. The Morgan fingerprint density at radius 2 is 1.75 bits per heavy atom. The molecule has 0 bridgehead atoms. The van der Waals surface area contributed by atoms with Crippen LogP contribution in [-0.2, 0) is 16.2 Å². The molecule has 0 spiro atoms. The van der Waals surface area contributed by atoms with Crippen LogP contribution in [0.2, 0.25) is 5.02 Å². The highest BCUT2D eigenvalue weighted by atomic mass is 35.5. The molecule has 0 aromatic heterocycles. The number of hydrogen-bond donors (Lipinski definition) is 2. The summed E-state index contributed by atoms with van der Waals surface area (Å²) in [7, 11) is 0. The number of benzene rings is 3. The van der Waals surface area contributed by atoms with Crippen LogP contribution in [0.15, 0.2) is 77.9 Å². The molecule has 0 radical (unpaired) electrons. The van der Waals surface area contributed by atoms with Gasteiger partial charge in [-0.3, -0.25) is 9.59 Å². The molecule has 3 aromatic rings. The van der Waals surface area contributed by atoms with E-state index in [1.54, 1.807) is 36.4 Å². The second-order valence-corrected chi connectivity index (χ2v) is 7.01. The monoisotopic (exact) mass is 451 g/mol. The van der Waals surface area contributed by atoms with Gasteiger partial charge >= 0.3 is 11.8 Å². The van der Waals surface area contributed by atoms with Crippen LogP contribution in [0.5, 0.6) is 11.5 Å². The summed E-state index contributed by atoms with van der Waals surface area (Å²) < 4.78 is 11.5. The average molecular weight is 452 g/mol. The van der Waals surface area contributed by atoms with Gasteiger partial charge in [0.1, 0.15) is 6.61 Å². The normalized spacial score (nSPS) is 10.6. The van der Waals surface area contributed by atoms with Gasteiger partial charge in [0.15, 0.2) is 11.5 Å². The van der Waals surface area contributed by atoms with E-state index in [1.807, 2.05) is 37.3 Å². The summed E-state index contributed by atoms with van der Waals surface area (Å²) in [5.74, 6) is -0.617. The molecule has 0 unspecified atom stereocenters. The minimum Gasteiger partial charge on any atom is -0.490 e. The lowest BCUT2D eigenvalue weighted by Gasteiger charge is -2.12. The molecule has 2 amide bonds. The molecular formula is C24H22ClN3O4. The number of anilines is 1. The highest BCUT2D eigenvalue weighted by molar-refractivity contribution is 6.39. The van der Waals surface area contributed by atoms with Gasteiger partial charge in [-0.05, 0) is 54.4 Å². The Bertz CT molecular complexity index is 1100. The Kier molecular flexibility index (Phi) is 8.22. The van der Waals surface area contributed by atoms with Crippen LogP contribution in [0.1, 0.15) is 18.1 Å². The van der Waals surface area contributed by atoms with Crippen molar-refractivity contribution in [2.24, 2.45) is 5.10 Å². The van der Waals surface area contributed by atoms with E-state index in [0.29, 0.717) is 41.0 Å². The van der Waals surface area contributed by atoms with E-state index in [1.165, 1.54) is 12.3 Å². The summed E-state index contributed by atoms with van der Waals surface area (Å²) in [6.07, 6.45) is 1.41. The molecule has 7 nitrogen and oxygen atoms in total. The van der Waals surface area contributed by atoms with Crippen molar-refractivity contribution in [2.75, 3.05) is 11.9 Å². The summed E-state index contributed by atoms with van der Waals surface area (Å²) in [5, 5.41) is 6.73. The number of halogens is 1. The fourth-order valence-electron chi connectivity index (χ4n) is 2.70. The highest BCUT2D eigenvalue weighted by Crippen LogP contribution is 2.28. The number of hydrogen-bond acceptors (Lipinski definition) is 5. The molecule has 0 aliphatic heterocycles. The standard InChI is InChI=1S/C24H22ClN3O4/c1-2-31-22-13-18(11-12-21(22)32-16-17-7-4-3-5-8-17)15-26-28-24(30)23(29)27-20-10-6-9-19(25)14-20/h3-15H,2,16H2,1H3,(H,27,29)(H,28,30)/b26-15+. The van der Waals surface area contributed by atoms with E-state index < -0.39 is 11.8 Å². The van der Waals surface area contributed by atoms with Crippen molar-refractivity contribution in [3.8, 4) is 11.5 Å². The van der Waals surface area contributed by atoms with E-state index >= 15 is 0 Å². The van der Waals surface area contributed by atoms with Gasteiger partial charge in [0, 0.05) is 10.7 Å². The minimum atomic E-state index is -0.908. The third kappa shape index (κ3) is 6.85.